The van der Waals surface area contributed by atoms with Gasteiger partial charge in [-0.3, -0.25) is 14.5 Å². The maximum absolute atomic E-state index is 13.4. The fourth-order valence-corrected chi connectivity index (χ4v) is 6.84. The van der Waals surface area contributed by atoms with Gasteiger partial charge in [0.15, 0.2) is 0 Å². The first-order valence-electron chi connectivity index (χ1n) is 17.3. The number of piperidine rings is 1. The van der Waals surface area contributed by atoms with Crippen LogP contribution >= 0.6 is 24.8 Å². The van der Waals surface area contributed by atoms with Gasteiger partial charge in [0.05, 0.1) is 23.8 Å². The molecule has 2 aromatic carbocycles. The molecule has 2 amide bonds. The predicted molar refractivity (Wildman–Crippen MR) is 201 cm³/mol. The Balaban J connectivity index is 0.00000417. The summed E-state index contributed by atoms with van der Waals surface area (Å²) in [6, 6.07) is 15.2. The van der Waals surface area contributed by atoms with Crippen molar-refractivity contribution in [3.8, 4) is 5.75 Å². The van der Waals surface area contributed by atoms with Gasteiger partial charge in [0.25, 0.3) is 5.91 Å². The first kappa shape index (κ1) is 42.6. The van der Waals surface area contributed by atoms with Crippen LogP contribution in [0.1, 0.15) is 75.7 Å². The summed E-state index contributed by atoms with van der Waals surface area (Å²) in [5, 5.41) is 20.6. The van der Waals surface area contributed by atoms with Crippen LogP contribution in [0.2, 0.25) is 0 Å². The van der Waals surface area contributed by atoms with E-state index in [9.17, 15) is 14.7 Å². The van der Waals surface area contributed by atoms with E-state index in [1.807, 2.05) is 26.0 Å². The average Bonchev–Trinajstić information content (AvgIpc) is 3.42. The zero-order valence-corrected chi connectivity index (χ0v) is 31.5. The number of amides is 2. The number of hydrogen-bond donors (Lipinski definition) is 5. The summed E-state index contributed by atoms with van der Waals surface area (Å²) in [5.41, 5.74) is 8.98. The molecule has 6 N–H and O–H groups in total. The largest absolute Gasteiger partial charge is 0.493 e. The average molecular weight is 725 g/mol. The number of halogens is 2. The number of aliphatic hydroxyl groups is 1. The Morgan fingerprint density at radius 3 is 2.35 bits per heavy atom. The van der Waals surface area contributed by atoms with Crippen molar-refractivity contribution in [2.24, 2.45) is 17.6 Å². The van der Waals surface area contributed by atoms with Crippen molar-refractivity contribution in [1.29, 1.82) is 0 Å². The van der Waals surface area contributed by atoms with Gasteiger partial charge in [-0.25, -0.2) is 0 Å². The molecule has 0 aromatic heterocycles. The van der Waals surface area contributed by atoms with E-state index in [1.165, 1.54) is 11.3 Å². The lowest BCUT2D eigenvalue weighted by atomic mass is 9.73. The molecule has 0 unspecified atom stereocenters. The number of carbonyl (C=O) groups excluding carboxylic acids is 2. The number of nitrogens with two attached hydrogens (primary N) is 1. The molecule has 1 fully saturated rings. The van der Waals surface area contributed by atoms with Crippen molar-refractivity contribution < 1.29 is 24.2 Å². The van der Waals surface area contributed by atoms with E-state index in [0.29, 0.717) is 37.5 Å². The molecule has 2 aliphatic heterocycles. The van der Waals surface area contributed by atoms with Gasteiger partial charge in [-0.2, -0.15) is 0 Å². The summed E-state index contributed by atoms with van der Waals surface area (Å²) in [6.07, 6.45) is 3.29. The Morgan fingerprint density at radius 2 is 1.65 bits per heavy atom. The number of anilines is 1. The topological polar surface area (TPSA) is 138 Å². The molecule has 2 aromatic rings. The second-order valence-electron chi connectivity index (χ2n) is 14.2. The molecule has 3 atom stereocenters. The number of likely N-dealkylation sites (tertiary alicyclic amines) is 1. The number of carbonyl (C=O) groups is 2. The molecule has 1 saturated heterocycles. The number of benzene rings is 2. The van der Waals surface area contributed by atoms with Gasteiger partial charge in [0, 0.05) is 63.6 Å². The number of ether oxygens (including phenoxy) is 2. The van der Waals surface area contributed by atoms with E-state index in [0.717, 1.165) is 45.3 Å². The summed E-state index contributed by atoms with van der Waals surface area (Å²) in [4.78, 5) is 28.8. The van der Waals surface area contributed by atoms with Crippen LogP contribution in [0.5, 0.6) is 5.75 Å². The van der Waals surface area contributed by atoms with Gasteiger partial charge in [-0.15, -0.1) is 24.8 Å². The summed E-state index contributed by atoms with van der Waals surface area (Å²) in [5.74, 6) is 0.493. The number of para-hydroxylation sites is 2. The molecule has 4 rings (SSSR count). The van der Waals surface area contributed by atoms with E-state index in [4.69, 9.17) is 15.2 Å². The van der Waals surface area contributed by atoms with Crippen LogP contribution in [-0.4, -0.2) is 92.6 Å². The molecule has 49 heavy (non-hydrogen) atoms. The van der Waals surface area contributed by atoms with Crippen LogP contribution in [-0.2, 0) is 14.9 Å². The Kier molecular flexibility index (Phi) is 17.1. The summed E-state index contributed by atoms with van der Waals surface area (Å²) < 4.78 is 11.0. The van der Waals surface area contributed by atoms with Crippen LogP contribution in [0.15, 0.2) is 48.5 Å². The summed E-state index contributed by atoms with van der Waals surface area (Å²) in [6.45, 7) is 12.3. The number of aliphatic hydroxyl groups excluding tert-OH is 1. The fraction of sp³-hybridized carbons (Fsp3) is 0.622. The number of nitrogens with zero attached hydrogens (tertiary/aromatic N) is 1. The van der Waals surface area contributed by atoms with Crippen LogP contribution < -0.4 is 26.4 Å². The minimum Gasteiger partial charge on any atom is -0.493 e. The number of unbranched alkanes of at least 4 members (excludes halogenated alkanes) is 1. The van der Waals surface area contributed by atoms with Crippen LogP contribution in [0.4, 0.5) is 5.69 Å². The fourth-order valence-electron chi connectivity index (χ4n) is 6.84. The maximum atomic E-state index is 13.4. The minimum atomic E-state index is -0.912. The van der Waals surface area contributed by atoms with E-state index in [2.05, 4.69) is 59.0 Å². The van der Waals surface area contributed by atoms with E-state index < -0.39 is 17.7 Å². The number of nitrogens with one attached hydrogen (secondary N) is 3. The van der Waals surface area contributed by atoms with Gasteiger partial charge < -0.3 is 36.3 Å². The third-order valence-corrected chi connectivity index (χ3v) is 10.3. The van der Waals surface area contributed by atoms with E-state index in [1.54, 1.807) is 19.2 Å². The Labute approximate surface area is 305 Å². The van der Waals surface area contributed by atoms with Gasteiger partial charge in [-0.1, -0.05) is 44.2 Å². The highest BCUT2D eigenvalue weighted by Crippen LogP contribution is 2.44. The van der Waals surface area contributed by atoms with Crippen molar-refractivity contribution >= 4 is 42.3 Å². The second kappa shape index (κ2) is 19.7. The van der Waals surface area contributed by atoms with Gasteiger partial charge in [-0.05, 0) is 81.5 Å². The third-order valence-electron chi connectivity index (χ3n) is 10.3. The number of fused-ring (bicyclic) bond motifs is 2. The molecule has 2 heterocycles. The Hall–Kier alpha value is -2.60. The molecular weight excluding hydrogens is 665 g/mol. The Bertz CT molecular complexity index is 1320. The first-order valence-corrected chi connectivity index (χ1v) is 17.3. The molecule has 0 aliphatic carbocycles. The van der Waals surface area contributed by atoms with Crippen molar-refractivity contribution in [1.82, 2.24) is 15.5 Å². The molecule has 0 bridgehead atoms. The smallest absolute Gasteiger partial charge is 0.255 e. The zero-order chi connectivity index (χ0) is 34.0. The highest BCUT2D eigenvalue weighted by atomic mass is 35.5. The molecular formula is C37H59Cl2N5O5. The number of methoxy groups -OCH3 is 1. The highest BCUT2D eigenvalue weighted by molar-refractivity contribution is 5.96. The van der Waals surface area contributed by atoms with Crippen LogP contribution in [0.25, 0.3) is 0 Å². The predicted octanol–water partition coefficient (Wildman–Crippen LogP) is 4.77. The molecule has 0 radical (unpaired) electrons. The molecule has 0 saturated carbocycles. The summed E-state index contributed by atoms with van der Waals surface area (Å²) >= 11 is 0. The lowest BCUT2D eigenvalue weighted by Crippen LogP contribution is -2.60. The molecule has 276 valence electrons. The highest BCUT2D eigenvalue weighted by Gasteiger charge is 2.45. The number of rotatable bonds is 17. The lowest BCUT2D eigenvalue weighted by molar-refractivity contribution is -0.133. The van der Waals surface area contributed by atoms with Crippen LogP contribution in [0.3, 0.4) is 0 Å². The lowest BCUT2D eigenvalue weighted by Gasteiger charge is -2.45. The summed E-state index contributed by atoms with van der Waals surface area (Å²) in [7, 11) is 1.68. The zero-order valence-electron chi connectivity index (χ0n) is 29.8. The molecule has 2 aliphatic rings. The van der Waals surface area contributed by atoms with Gasteiger partial charge >= 0.3 is 0 Å². The normalized spacial score (nSPS) is 17.1. The Morgan fingerprint density at radius 1 is 1.00 bits per heavy atom. The van der Waals surface area contributed by atoms with Gasteiger partial charge in [0.2, 0.25) is 5.91 Å². The van der Waals surface area contributed by atoms with Gasteiger partial charge in [0.1, 0.15) is 5.75 Å². The standard InChI is InChI=1S/C37H57N5O5.2ClH/c1-26(2)27(23-39-34(44)28-12-6-9-15-33(28)47-21-11-10-20-46-5)22-30(38)32(43)24-40-35(45)36(3,4)42-18-16-37(17-19-42)25-41-31-14-8-7-13-29(31)37;;/h6-9,12-15,26-27,30,32,41,43H,10-11,16-25,38H2,1-5H3,(H,39,44)(H,40,45);2*1H/t27-,30+,32+;;/m1../s1. The SMILES string of the molecule is COCCCCOc1ccccc1C(=O)NC[C@@H](C[C@H](N)[C@@H](O)CNC(=O)C(C)(C)N1CCC2(CC1)CNc1ccccc12)C(C)C.Cl.Cl. The van der Waals surface area contributed by atoms with Crippen molar-refractivity contribution in [2.75, 3.05) is 58.4 Å². The number of hydrogen-bond acceptors (Lipinski definition) is 8. The molecule has 1 spiro atoms. The quantitative estimate of drug-likeness (QED) is 0.147. The second-order valence-corrected chi connectivity index (χ2v) is 14.2. The van der Waals surface area contributed by atoms with Crippen molar-refractivity contribution in [3.63, 3.8) is 0 Å². The maximum Gasteiger partial charge on any atom is 0.255 e. The first-order chi connectivity index (χ1) is 22.5. The van der Waals surface area contributed by atoms with Crippen LogP contribution in [0, 0.1) is 11.8 Å². The minimum absolute atomic E-state index is 0. The van der Waals surface area contributed by atoms with E-state index in [-0.39, 0.29) is 60.4 Å². The van der Waals surface area contributed by atoms with E-state index >= 15 is 0 Å². The molecule has 12 heteroatoms. The van der Waals surface area contributed by atoms with Crippen molar-refractivity contribution in [3.05, 3.63) is 59.7 Å². The third kappa shape index (κ3) is 10.9. The monoisotopic (exact) mass is 723 g/mol. The molecule has 10 nitrogen and oxygen atoms in total. The van der Waals surface area contributed by atoms with Crippen molar-refractivity contribution in [2.45, 2.75) is 82.9 Å².